The third-order valence-electron chi connectivity index (χ3n) is 4.34. The van der Waals surface area contributed by atoms with Crippen LogP contribution in [0.4, 0.5) is 15.8 Å². The molecular formula is C20H15FN4O4S. The smallest absolute Gasteiger partial charge is 0.269 e. The minimum Gasteiger partial charge on any atom is -0.325 e. The van der Waals surface area contributed by atoms with Gasteiger partial charge >= 0.3 is 0 Å². The summed E-state index contributed by atoms with van der Waals surface area (Å²) in [4.78, 5) is 34.5. The molecule has 0 saturated heterocycles. The Balaban J connectivity index is 1.70. The first kappa shape index (κ1) is 21.0. The standard InChI is InChI=1S/C20H15FN4O4S/c21-13-3-1-12(2-4-13)16-9-18(26)24-20(17(16)10-22)30-11-19(27)23-14-5-7-15(8-6-14)25(28)29/h1-8,16H,9,11H2,(H,23,27)(H,24,26). The zero-order valence-corrected chi connectivity index (χ0v) is 16.2. The number of allylic oxidation sites excluding steroid dienone is 1. The number of hydrogen-bond donors (Lipinski definition) is 2. The van der Waals surface area contributed by atoms with Crippen LogP contribution in [0.3, 0.4) is 0 Å². The number of nitriles is 1. The van der Waals surface area contributed by atoms with Gasteiger partial charge in [0.1, 0.15) is 5.82 Å². The van der Waals surface area contributed by atoms with E-state index in [-0.39, 0.29) is 28.8 Å². The van der Waals surface area contributed by atoms with Gasteiger partial charge in [0.05, 0.1) is 27.3 Å². The molecular weight excluding hydrogens is 411 g/mol. The van der Waals surface area contributed by atoms with Crippen LogP contribution in [-0.2, 0) is 9.59 Å². The van der Waals surface area contributed by atoms with Gasteiger partial charge in [-0.3, -0.25) is 19.7 Å². The molecule has 1 unspecified atom stereocenters. The zero-order valence-electron chi connectivity index (χ0n) is 15.4. The Kier molecular flexibility index (Phi) is 6.44. The number of rotatable bonds is 6. The molecule has 2 aromatic rings. The monoisotopic (exact) mass is 426 g/mol. The summed E-state index contributed by atoms with van der Waals surface area (Å²) in [5.74, 6) is -1.74. The summed E-state index contributed by atoms with van der Waals surface area (Å²) in [6, 6.07) is 13.0. The van der Waals surface area contributed by atoms with E-state index in [1.807, 2.05) is 0 Å². The number of nitro groups is 1. The number of non-ortho nitro benzene ring substituents is 1. The largest absolute Gasteiger partial charge is 0.325 e. The molecule has 1 heterocycles. The Morgan fingerprint density at radius 1 is 1.27 bits per heavy atom. The highest BCUT2D eigenvalue weighted by molar-refractivity contribution is 8.03. The summed E-state index contributed by atoms with van der Waals surface area (Å²) in [6.07, 6.45) is 0.0492. The molecule has 2 N–H and O–H groups in total. The lowest BCUT2D eigenvalue weighted by molar-refractivity contribution is -0.384. The van der Waals surface area contributed by atoms with E-state index in [1.54, 1.807) is 0 Å². The van der Waals surface area contributed by atoms with Crippen LogP contribution >= 0.6 is 11.8 Å². The Bertz CT molecular complexity index is 1060. The van der Waals surface area contributed by atoms with Crippen LogP contribution in [0.1, 0.15) is 17.9 Å². The highest BCUT2D eigenvalue weighted by Crippen LogP contribution is 2.36. The number of carbonyl (C=O) groups is 2. The topological polar surface area (TPSA) is 125 Å². The summed E-state index contributed by atoms with van der Waals surface area (Å²) in [7, 11) is 0. The van der Waals surface area contributed by atoms with Crippen molar-refractivity contribution in [2.75, 3.05) is 11.1 Å². The molecule has 3 rings (SSSR count). The quantitative estimate of drug-likeness (QED) is 0.538. The van der Waals surface area contributed by atoms with Crippen LogP contribution in [0.25, 0.3) is 0 Å². The molecule has 152 valence electrons. The van der Waals surface area contributed by atoms with Crippen molar-refractivity contribution >= 4 is 35.0 Å². The molecule has 8 nitrogen and oxygen atoms in total. The van der Waals surface area contributed by atoms with E-state index in [4.69, 9.17) is 0 Å². The third kappa shape index (κ3) is 5.01. The van der Waals surface area contributed by atoms with Crippen molar-refractivity contribution in [3.8, 4) is 6.07 Å². The average molecular weight is 426 g/mol. The molecule has 0 aliphatic carbocycles. The zero-order chi connectivity index (χ0) is 21.7. The molecule has 0 radical (unpaired) electrons. The van der Waals surface area contributed by atoms with E-state index < -0.39 is 22.6 Å². The molecule has 0 aromatic heterocycles. The number of halogens is 1. The highest BCUT2D eigenvalue weighted by atomic mass is 32.2. The second-order valence-electron chi connectivity index (χ2n) is 6.35. The molecule has 1 aliphatic heterocycles. The lowest BCUT2D eigenvalue weighted by Gasteiger charge is -2.25. The normalized spacial score (nSPS) is 15.9. The summed E-state index contributed by atoms with van der Waals surface area (Å²) >= 11 is 1.00. The van der Waals surface area contributed by atoms with Crippen LogP contribution in [0.15, 0.2) is 59.1 Å². The number of nitrogens with zero attached hydrogens (tertiary/aromatic N) is 2. The number of hydrogen-bond acceptors (Lipinski definition) is 6. The minimum absolute atomic E-state index is 0.0492. The van der Waals surface area contributed by atoms with Gasteiger partial charge in [0.25, 0.3) is 5.69 Å². The van der Waals surface area contributed by atoms with Crippen molar-refractivity contribution < 1.29 is 18.9 Å². The first-order chi connectivity index (χ1) is 14.4. The highest BCUT2D eigenvalue weighted by Gasteiger charge is 2.29. The van der Waals surface area contributed by atoms with E-state index in [2.05, 4.69) is 16.7 Å². The maximum atomic E-state index is 13.2. The van der Waals surface area contributed by atoms with E-state index in [0.29, 0.717) is 16.8 Å². The van der Waals surface area contributed by atoms with Crippen molar-refractivity contribution in [1.29, 1.82) is 5.26 Å². The van der Waals surface area contributed by atoms with Crippen molar-refractivity contribution in [3.63, 3.8) is 0 Å². The fourth-order valence-corrected chi connectivity index (χ4v) is 3.79. The molecule has 1 atom stereocenters. The van der Waals surface area contributed by atoms with Crippen LogP contribution in [0.5, 0.6) is 0 Å². The van der Waals surface area contributed by atoms with E-state index in [1.165, 1.54) is 48.5 Å². The maximum absolute atomic E-state index is 13.2. The van der Waals surface area contributed by atoms with Crippen LogP contribution < -0.4 is 10.6 Å². The SMILES string of the molecule is N#CC1=C(SCC(=O)Nc2ccc([N+](=O)[O-])cc2)NC(=O)CC1c1ccc(F)cc1. The average Bonchev–Trinajstić information content (AvgIpc) is 2.72. The van der Waals surface area contributed by atoms with E-state index >= 15 is 0 Å². The number of amides is 2. The van der Waals surface area contributed by atoms with Gasteiger partial charge in [-0.2, -0.15) is 5.26 Å². The van der Waals surface area contributed by atoms with Gasteiger partial charge in [-0.1, -0.05) is 23.9 Å². The lowest BCUT2D eigenvalue weighted by Crippen LogP contribution is -2.31. The van der Waals surface area contributed by atoms with Crippen molar-refractivity contribution in [3.05, 3.63) is 80.6 Å². The second kappa shape index (κ2) is 9.19. The lowest BCUT2D eigenvalue weighted by atomic mass is 9.87. The predicted octanol–water partition coefficient (Wildman–Crippen LogP) is 3.44. The van der Waals surface area contributed by atoms with Gasteiger partial charge in [0.15, 0.2) is 0 Å². The third-order valence-corrected chi connectivity index (χ3v) is 5.36. The first-order valence-corrected chi connectivity index (χ1v) is 9.72. The Labute approximate surface area is 174 Å². The van der Waals surface area contributed by atoms with Crippen molar-refractivity contribution in [2.45, 2.75) is 12.3 Å². The summed E-state index contributed by atoms with van der Waals surface area (Å²) in [5, 5.41) is 25.8. The van der Waals surface area contributed by atoms with Crippen LogP contribution in [0, 0.1) is 27.3 Å². The molecule has 0 fully saturated rings. The van der Waals surface area contributed by atoms with Gasteiger partial charge in [-0.05, 0) is 29.8 Å². The molecule has 0 saturated carbocycles. The molecule has 2 amide bonds. The Morgan fingerprint density at radius 2 is 1.93 bits per heavy atom. The van der Waals surface area contributed by atoms with Gasteiger partial charge in [0, 0.05) is 30.2 Å². The Morgan fingerprint density at radius 3 is 2.53 bits per heavy atom. The predicted molar refractivity (Wildman–Crippen MR) is 109 cm³/mol. The molecule has 0 spiro atoms. The number of carbonyl (C=O) groups excluding carboxylic acids is 2. The van der Waals surface area contributed by atoms with Crippen LogP contribution in [0.2, 0.25) is 0 Å². The number of nitrogens with one attached hydrogen (secondary N) is 2. The molecule has 1 aliphatic rings. The van der Waals surface area contributed by atoms with E-state index in [9.17, 15) is 29.4 Å². The molecule has 30 heavy (non-hydrogen) atoms. The molecule has 10 heteroatoms. The summed E-state index contributed by atoms with van der Waals surface area (Å²) in [6.45, 7) is 0. The number of anilines is 1. The minimum atomic E-state index is -0.541. The molecule has 2 aromatic carbocycles. The Hall–Kier alpha value is -3.71. The number of benzene rings is 2. The van der Waals surface area contributed by atoms with E-state index in [0.717, 1.165) is 11.8 Å². The second-order valence-corrected chi connectivity index (χ2v) is 7.34. The first-order valence-electron chi connectivity index (χ1n) is 8.74. The summed E-state index contributed by atoms with van der Waals surface area (Å²) in [5.41, 5.74) is 1.23. The van der Waals surface area contributed by atoms with Gasteiger partial charge in [0.2, 0.25) is 11.8 Å². The van der Waals surface area contributed by atoms with Gasteiger partial charge in [-0.25, -0.2) is 4.39 Å². The van der Waals surface area contributed by atoms with Gasteiger partial charge in [-0.15, -0.1) is 0 Å². The fraction of sp³-hybridized carbons (Fsp3) is 0.150. The fourth-order valence-electron chi connectivity index (χ4n) is 2.91. The van der Waals surface area contributed by atoms with Gasteiger partial charge < -0.3 is 10.6 Å². The summed E-state index contributed by atoms with van der Waals surface area (Å²) < 4.78 is 13.2. The number of thioether (sulfide) groups is 1. The molecule has 0 bridgehead atoms. The number of nitro benzene ring substituents is 1. The van der Waals surface area contributed by atoms with Crippen LogP contribution in [-0.4, -0.2) is 22.5 Å². The van der Waals surface area contributed by atoms with Crippen molar-refractivity contribution in [2.24, 2.45) is 0 Å². The van der Waals surface area contributed by atoms with Crippen molar-refractivity contribution in [1.82, 2.24) is 5.32 Å². The maximum Gasteiger partial charge on any atom is 0.269 e.